The molecule has 1 heterocycles. The van der Waals surface area contributed by atoms with Crippen LogP contribution in [0.1, 0.15) is 13.3 Å². The first-order chi connectivity index (χ1) is 3.79. The molecule has 1 unspecified atom stereocenters. The summed E-state index contributed by atoms with van der Waals surface area (Å²) in [7, 11) is 2.09. The number of hydrazine groups is 1. The Labute approximate surface area is 50.8 Å². The lowest BCUT2D eigenvalue weighted by Gasteiger charge is -2.27. The van der Waals surface area contributed by atoms with Gasteiger partial charge in [-0.1, -0.05) is 6.92 Å². The average Bonchev–Trinajstić information content (AvgIpc) is 1.77. The van der Waals surface area contributed by atoms with E-state index < -0.39 is 0 Å². The molecule has 8 heavy (non-hydrogen) atoms. The van der Waals surface area contributed by atoms with Crippen molar-refractivity contribution in [2.24, 2.45) is 5.92 Å². The molecule has 0 amide bonds. The Morgan fingerprint density at radius 1 is 1.62 bits per heavy atom. The summed E-state index contributed by atoms with van der Waals surface area (Å²) in [6.07, 6.45) is 1.34. The van der Waals surface area contributed by atoms with Crippen LogP contribution in [0.25, 0.3) is 0 Å². The zero-order valence-electron chi connectivity index (χ0n) is 5.65. The van der Waals surface area contributed by atoms with Crippen molar-refractivity contribution in [2.75, 3.05) is 20.1 Å². The van der Waals surface area contributed by atoms with E-state index >= 15 is 0 Å². The van der Waals surface area contributed by atoms with Gasteiger partial charge in [0.25, 0.3) is 0 Å². The maximum absolute atomic E-state index is 3.27. The van der Waals surface area contributed by atoms with Crippen molar-refractivity contribution < 1.29 is 0 Å². The van der Waals surface area contributed by atoms with E-state index in [1.54, 1.807) is 0 Å². The van der Waals surface area contributed by atoms with Crippen LogP contribution >= 0.6 is 0 Å². The minimum atomic E-state index is 0.867. The van der Waals surface area contributed by atoms with Gasteiger partial charge in [-0.05, 0) is 12.3 Å². The van der Waals surface area contributed by atoms with E-state index in [-0.39, 0.29) is 0 Å². The molecule has 2 heteroatoms. The molecular formula is C6H14N2. The van der Waals surface area contributed by atoms with Crippen LogP contribution in [0, 0.1) is 5.92 Å². The molecule has 2 nitrogen and oxygen atoms in total. The lowest BCUT2D eigenvalue weighted by atomic mass is 10.1. The van der Waals surface area contributed by atoms with Crippen LogP contribution in [0.5, 0.6) is 0 Å². The second kappa shape index (κ2) is 2.46. The fourth-order valence-corrected chi connectivity index (χ4v) is 0.907. The van der Waals surface area contributed by atoms with E-state index in [0.717, 1.165) is 12.5 Å². The topological polar surface area (TPSA) is 15.3 Å². The zero-order chi connectivity index (χ0) is 5.98. The van der Waals surface area contributed by atoms with Gasteiger partial charge in [0.05, 0.1) is 0 Å². The minimum absolute atomic E-state index is 0.867. The molecular weight excluding hydrogens is 100 g/mol. The van der Waals surface area contributed by atoms with Gasteiger partial charge in [0.15, 0.2) is 0 Å². The lowest BCUT2D eigenvalue weighted by Crippen LogP contribution is -2.43. The summed E-state index contributed by atoms with van der Waals surface area (Å²) >= 11 is 0. The molecule has 0 aromatic heterocycles. The van der Waals surface area contributed by atoms with Gasteiger partial charge in [-0.25, -0.2) is 5.01 Å². The van der Waals surface area contributed by atoms with Crippen molar-refractivity contribution in [3.8, 4) is 0 Å². The number of nitrogens with zero attached hydrogens (tertiary/aromatic N) is 1. The van der Waals surface area contributed by atoms with E-state index in [1.807, 2.05) is 0 Å². The van der Waals surface area contributed by atoms with Crippen LogP contribution in [0.2, 0.25) is 0 Å². The second-order valence-electron chi connectivity index (χ2n) is 2.68. The molecule has 1 atom stereocenters. The van der Waals surface area contributed by atoms with E-state index in [0.29, 0.717) is 0 Å². The predicted octanol–water partition coefficient (Wildman–Crippen LogP) is 0.463. The highest BCUT2D eigenvalue weighted by molar-refractivity contribution is 4.62. The zero-order valence-corrected chi connectivity index (χ0v) is 5.65. The molecule has 48 valence electrons. The molecule has 0 aromatic carbocycles. The molecule has 1 aliphatic rings. The SMILES string of the molecule is CC1CCN(C)NC1. The number of hydrogen-bond donors (Lipinski definition) is 1. The van der Waals surface area contributed by atoms with Gasteiger partial charge >= 0.3 is 0 Å². The summed E-state index contributed by atoms with van der Waals surface area (Å²) in [6, 6.07) is 0. The molecule has 0 saturated carbocycles. The van der Waals surface area contributed by atoms with Crippen LogP contribution in [0.15, 0.2) is 0 Å². The van der Waals surface area contributed by atoms with Crippen molar-refractivity contribution in [2.45, 2.75) is 13.3 Å². The first-order valence-electron chi connectivity index (χ1n) is 3.23. The fraction of sp³-hybridized carbons (Fsp3) is 1.00. The van der Waals surface area contributed by atoms with Crippen LogP contribution in [0.3, 0.4) is 0 Å². The van der Waals surface area contributed by atoms with Crippen LogP contribution in [-0.2, 0) is 0 Å². The molecule has 1 aliphatic heterocycles. The van der Waals surface area contributed by atoms with Gasteiger partial charge in [0.2, 0.25) is 0 Å². The quantitative estimate of drug-likeness (QED) is 0.492. The molecule has 0 radical (unpaired) electrons. The third-order valence-electron chi connectivity index (χ3n) is 1.67. The first-order valence-corrected chi connectivity index (χ1v) is 3.23. The van der Waals surface area contributed by atoms with Gasteiger partial charge < -0.3 is 0 Å². The minimum Gasteiger partial charge on any atom is -0.255 e. The summed E-state index contributed by atoms with van der Waals surface area (Å²) in [5, 5.41) is 2.15. The maximum Gasteiger partial charge on any atom is 0.0130 e. The van der Waals surface area contributed by atoms with Crippen molar-refractivity contribution in [3.63, 3.8) is 0 Å². The number of hydrogen-bond acceptors (Lipinski definition) is 2. The third-order valence-corrected chi connectivity index (χ3v) is 1.67. The largest absolute Gasteiger partial charge is 0.255 e. The Balaban J connectivity index is 2.19. The fourth-order valence-electron chi connectivity index (χ4n) is 0.907. The molecule has 0 aliphatic carbocycles. The molecule has 0 aromatic rings. The average molecular weight is 114 g/mol. The van der Waals surface area contributed by atoms with E-state index in [2.05, 4.69) is 24.4 Å². The smallest absolute Gasteiger partial charge is 0.0130 e. The van der Waals surface area contributed by atoms with E-state index in [4.69, 9.17) is 0 Å². The standard InChI is InChI=1S/C6H14N2/c1-6-3-4-8(2)7-5-6/h6-7H,3-5H2,1-2H3. The van der Waals surface area contributed by atoms with Gasteiger partial charge in [0, 0.05) is 20.1 Å². The van der Waals surface area contributed by atoms with Gasteiger partial charge in [-0.15, -0.1) is 0 Å². The van der Waals surface area contributed by atoms with Crippen LogP contribution < -0.4 is 5.43 Å². The summed E-state index contributed by atoms with van der Waals surface area (Å²) < 4.78 is 0. The Bertz CT molecular complexity index is 54.9. The Kier molecular flexibility index (Phi) is 1.86. The highest BCUT2D eigenvalue weighted by Gasteiger charge is 2.09. The van der Waals surface area contributed by atoms with Gasteiger partial charge in [-0.3, -0.25) is 5.43 Å². The van der Waals surface area contributed by atoms with Crippen LogP contribution in [0.4, 0.5) is 0 Å². The molecule has 1 rings (SSSR count). The molecule has 0 bridgehead atoms. The third kappa shape index (κ3) is 1.46. The molecule has 1 N–H and O–H groups in total. The Morgan fingerprint density at radius 2 is 2.38 bits per heavy atom. The first kappa shape index (κ1) is 6.05. The highest BCUT2D eigenvalue weighted by atomic mass is 15.5. The highest BCUT2D eigenvalue weighted by Crippen LogP contribution is 2.04. The van der Waals surface area contributed by atoms with Crippen molar-refractivity contribution in [3.05, 3.63) is 0 Å². The summed E-state index contributed by atoms with van der Waals surface area (Å²) in [5.41, 5.74) is 3.27. The second-order valence-corrected chi connectivity index (χ2v) is 2.68. The Morgan fingerprint density at radius 3 is 2.75 bits per heavy atom. The molecule has 0 spiro atoms. The molecule has 1 fully saturated rings. The van der Waals surface area contributed by atoms with Crippen LogP contribution in [-0.4, -0.2) is 25.1 Å². The molecule has 1 saturated heterocycles. The number of rotatable bonds is 0. The normalized spacial score (nSPS) is 33.0. The van der Waals surface area contributed by atoms with Gasteiger partial charge in [-0.2, -0.15) is 0 Å². The van der Waals surface area contributed by atoms with E-state index in [1.165, 1.54) is 13.0 Å². The predicted molar refractivity (Wildman–Crippen MR) is 34.4 cm³/mol. The summed E-state index contributed by atoms with van der Waals surface area (Å²) in [6.45, 7) is 4.62. The lowest BCUT2D eigenvalue weighted by molar-refractivity contribution is 0.160. The van der Waals surface area contributed by atoms with Crippen molar-refractivity contribution >= 4 is 0 Å². The van der Waals surface area contributed by atoms with Crippen molar-refractivity contribution in [1.29, 1.82) is 0 Å². The number of nitrogens with one attached hydrogen (secondary N) is 1. The van der Waals surface area contributed by atoms with E-state index in [9.17, 15) is 0 Å². The Hall–Kier alpha value is -0.0800. The maximum atomic E-state index is 3.27. The van der Waals surface area contributed by atoms with Gasteiger partial charge in [0.1, 0.15) is 0 Å². The summed E-state index contributed by atoms with van der Waals surface area (Å²) in [4.78, 5) is 0. The monoisotopic (exact) mass is 114 g/mol. The summed E-state index contributed by atoms with van der Waals surface area (Å²) in [5.74, 6) is 0.867. The van der Waals surface area contributed by atoms with Crippen molar-refractivity contribution in [1.82, 2.24) is 10.4 Å².